The van der Waals surface area contributed by atoms with E-state index in [4.69, 9.17) is 0 Å². The van der Waals surface area contributed by atoms with E-state index in [1.54, 1.807) is 0 Å². The maximum absolute atomic E-state index is 3.58. The van der Waals surface area contributed by atoms with Crippen LogP contribution >= 0.6 is 0 Å². The highest BCUT2D eigenvalue weighted by molar-refractivity contribution is 4.77. The third kappa shape index (κ3) is 4.07. The average molecular weight is 170 g/mol. The molecule has 0 radical (unpaired) electrons. The Morgan fingerprint density at radius 2 is 2.17 bits per heavy atom. The lowest BCUT2D eigenvalue weighted by molar-refractivity contribution is 0.356. The van der Waals surface area contributed by atoms with Gasteiger partial charge in [0.25, 0.3) is 0 Å². The van der Waals surface area contributed by atoms with Gasteiger partial charge in [0.15, 0.2) is 0 Å². The van der Waals surface area contributed by atoms with Crippen LogP contribution in [0.25, 0.3) is 0 Å². The first-order chi connectivity index (χ1) is 5.58. The molecule has 0 amide bonds. The van der Waals surface area contributed by atoms with E-state index in [0.29, 0.717) is 5.41 Å². The zero-order valence-corrected chi connectivity index (χ0v) is 8.61. The number of hydrogen-bond acceptors (Lipinski definition) is 2. The summed E-state index contributed by atoms with van der Waals surface area (Å²) in [5, 5.41) is 6.93. The van der Waals surface area contributed by atoms with Crippen molar-refractivity contribution < 1.29 is 0 Å². The van der Waals surface area contributed by atoms with Crippen molar-refractivity contribution in [2.24, 2.45) is 5.41 Å². The van der Waals surface area contributed by atoms with Gasteiger partial charge in [-0.1, -0.05) is 20.8 Å². The minimum absolute atomic E-state index is 0.471. The van der Waals surface area contributed by atoms with E-state index >= 15 is 0 Å². The molecule has 1 rings (SSSR count). The maximum atomic E-state index is 3.58. The highest BCUT2D eigenvalue weighted by Gasteiger charge is 2.15. The Kier molecular flexibility index (Phi) is 3.53. The van der Waals surface area contributed by atoms with E-state index in [-0.39, 0.29) is 0 Å². The average Bonchev–Trinajstić information content (AvgIpc) is 2.36. The van der Waals surface area contributed by atoms with Crippen LogP contribution in [0.4, 0.5) is 0 Å². The second-order valence-electron chi connectivity index (χ2n) is 4.95. The van der Waals surface area contributed by atoms with Crippen LogP contribution in [-0.2, 0) is 0 Å². The van der Waals surface area contributed by atoms with Gasteiger partial charge in [0.2, 0.25) is 0 Å². The Balaban J connectivity index is 2.02. The van der Waals surface area contributed by atoms with Crippen molar-refractivity contribution in [2.75, 3.05) is 19.6 Å². The summed E-state index contributed by atoms with van der Waals surface area (Å²) >= 11 is 0. The van der Waals surface area contributed by atoms with Gasteiger partial charge in [-0.15, -0.1) is 0 Å². The fourth-order valence-corrected chi connectivity index (χ4v) is 1.48. The highest BCUT2D eigenvalue weighted by Crippen LogP contribution is 2.17. The normalized spacial score (nSPS) is 24.8. The first-order valence-corrected chi connectivity index (χ1v) is 5.02. The first kappa shape index (κ1) is 10.0. The van der Waals surface area contributed by atoms with Gasteiger partial charge in [-0.05, 0) is 31.3 Å². The smallest absolute Gasteiger partial charge is 0.0204 e. The standard InChI is InChI=1S/C10H22N2/c1-10(2,3)5-7-12-9-4-6-11-8-9/h9,11-12H,4-8H2,1-3H3. The van der Waals surface area contributed by atoms with Crippen molar-refractivity contribution in [3.05, 3.63) is 0 Å². The predicted molar refractivity (Wildman–Crippen MR) is 53.3 cm³/mol. The van der Waals surface area contributed by atoms with E-state index in [2.05, 4.69) is 31.4 Å². The zero-order valence-electron chi connectivity index (χ0n) is 8.61. The quantitative estimate of drug-likeness (QED) is 0.668. The van der Waals surface area contributed by atoms with Gasteiger partial charge in [-0.25, -0.2) is 0 Å². The van der Waals surface area contributed by atoms with Gasteiger partial charge >= 0.3 is 0 Å². The van der Waals surface area contributed by atoms with Crippen molar-refractivity contribution in [2.45, 2.75) is 39.7 Å². The van der Waals surface area contributed by atoms with E-state index in [9.17, 15) is 0 Å². The molecule has 1 atom stereocenters. The molecule has 2 heteroatoms. The fraction of sp³-hybridized carbons (Fsp3) is 1.00. The van der Waals surface area contributed by atoms with Gasteiger partial charge in [0, 0.05) is 12.6 Å². The number of hydrogen-bond donors (Lipinski definition) is 2. The molecule has 1 unspecified atom stereocenters. The summed E-state index contributed by atoms with van der Waals surface area (Å²) in [6.07, 6.45) is 2.56. The molecule has 72 valence electrons. The lowest BCUT2D eigenvalue weighted by Gasteiger charge is -2.19. The van der Waals surface area contributed by atoms with Crippen LogP contribution in [0, 0.1) is 5.41 Å². The van der Waals surface area contributed by atoms with Crippen molar-refractivity contribution in [3.63, 3.8) is 0 Å². The van der Waals surface area contributed by atoms with E-state index in [1.165, 1.54) is 19.4 Å². The second kappa shape index (κ2) is 4.24. The van der Waals surface area contributed by atoms with Gasteiger partial charge in [-0.2, -0.15) is 0 Å². The van der Waals surface area contributed by atoms with Crippen LogP contribution in [0.3, 0.4) is 0 Å². The zero-order chi connectivity index (χ0) is 9.03. The van der Waals surface area contributed by atoms with Crippen molar-refractivity contribution >= 4 is 0 Å². The molecular weight excluding hydrogens is 148 g/mol. The Morgan fingerprint density at radius 1 is 1.42 bits per heavy atom. The molecule has 0 aliphatic carbocycles. The molecule has 0 aromatic heterocycles. The molecule has 0 aromatic rings. The molecule has 2 N–H and O–H groups in total. The summed E-state index contributed by atoms with van der Waals surface area (Å²) in [5.74, 6) is 0. The Hall–Kier alpha value is -0.0800. The van der Waals surface area contributed by atoms with Gasteiger partial charge in [0.05, 0.1) is 0 Å². The van der Waals surface area contributed by atoms with Crippen molar-refractivity contribution in [1.82, 2.24) is 10.6 Å². The van der Waals surface area contributed by atoms with E-state index in [0.717, 1.165) is 19.1 Å². The lowest BCUT2D eigenvalue weighted by atomic mass is 9.92. The van der Waals surface area contributed by atoms with E-state index in [1.807, 2.05) is 0 Å². The van der Waals surface area contributed by atoms with Gasteiger partial charge < -0.3 is 10.6 Å². The molecule has 0 aromatic carbocycles. The minimum atomic E-state index is 0.471. The Morgan fingerprint density at radius 3 is 2.67 bits per heavy atom. The monoisotopic (exact) mass is 170 g/mol. The molecule has 2 nitrogen and oxygen atoms in total. The summed E-state index contributed by atoms with van der Waals surface area (Å²) in [5.41, 5.74) is 0.471. The third-order valence-electron chi connectivity index (χ3n) is 2.37. The summed E-state index contributed by atoms with van der Waals surface area (Å²) in [4.78, 5) is 0. The molecule has 1 fully saturated rings. The molecule has 0 saturated carbocycles. The second-order valence-corrected chi connectivity index (χ2v) is 4.95. The molecule has 1 aliphatic rings. The summed E-state index contributed by atoms with van der Waals surface area (Å²) in [6.45, 7) is 10.4. The highest BCUT2D eigenvalue weighted by atomic mass is 15.0. The Labute approximate surface area is 76.1 Å². The number of rotatable bonds is 3. The molecular formula is C10H22N2. The topological polar surface area (TPSA) is 24.1 Å². The minimum Gasteiger partial charge on any atom is -0.315 e. The molecule has 1 aliphatic heterocycles. The van der Waals surface area contributed by atoms with Crippen LogP contribution in [-0.4, -0.2) is 25.7 Å². The third-order valence-corrected chi connectivity index (χ3v) is 2.37. The van der Waals surface area contributed by atoms with Gasteiger partial charge in [-0.3, -0.25) is 0 Å². The molecule has 1 heterocycles. The fourth-order valence-electron chi connectivity index (χ4n) is 1.48. The van der Waals surface area contributed by atoms with Crippen LogP contribution in [0.15, 0.2) is 0 Å². The molecule has 1 saturated heterocycles. The van der Waals surface area contributed by atoms with Crippen molar-refractivity contribution in [1.29, 1.82) is 0 Å². The number of nitrogens with one attached hydrogen (secondary N) is 2. The van der Waals surface area contributed by atoms with Crippen LogP contribution in [0.5, 0.6) is 0 Å². The van der Waals surface area contributed by atoms with Crippen LogP contribution < -0.4 is 10.6 Å². The summed E-state index contributed by atoms with van der Waals surface area (Å²) in [6, 6.07) is 0.729. The summed E-state index contributed by atoms with van der Waals surface area (Å²) < 4.78 is 0. The van der Waals surface area contributed by atoms with Crippen LogP contribution in [0.2, 0.25) is 0 Å². The summed E-state index contributed by atoms with van der Waals surface area (Å²) in [7, 11) is 0. The van der Waals surface area contributed by atoms with Crippen LogP contribution in [0.1, 0.15) is 33.6 Å². The largest absolute Gasteiger partial charge is 0.315 e. The van der Waals surface area contributed by atoms with E-state index < -0.39 is 0 Å². The molecule has 0 bridgehead atoms. The lowest BCUT2D eigenvalue weighted by Crippen LogP contribution is -2.33. The molecule has 12 heavy (non-hydrogen) atoms. The maximum Gasteiger partial charge on any atom is 0.0204 e. The predicted octanol–water partition coefficient (Wildman–Crippen LogP) is 1.37. The van der Waals surface area contributed by atoms with Crippen molar-refractivity contribution in [3.8, 4) is 0 Å². The Bertz CT molecular complexity index is 120. The molecule has 0 spiro atoms. The van der Waals surface area contributed by atoms with Gasteiger partial charge in [0.1, 0.15) is 0 Å². The first-order valence-electron chi connectivity index (χ1n) is 5.02. The SMILES string of the molecule is CC(C)(C)CCNC1CCNC1.